The normalized spacial score (nSPS) is 15.5. The largest absolute Gasteiger partial charge is 0.508 e. The van der Waals surface area contributed by atoms with Crippen LogP contribution in [-0.4, -0.2) is 86.7 Å². The van der Waals surface area contributed by atoms with E-state index in [2.05, 4.69) is 28.6 Å². The number of carbonyl (C=O) groups is 4. The Bertz CT molecular complexity index is 805. The molecule has 5 unspecified atom stereocenters. The molecule has 0 aliphatic heterocycles. The van der Waals surface area contributed by atoms with Gasteiger partial charge >= 0.3 is 5.97 Å². The van der Waals surface area contributed by atoms with Crippen molar-refractivity contribution in [3.05, 3.63) is 29.8 Å². The van der Waals surface area contributed by atoms with E-state index < -0.39 is 60.6 Å². The van der Waals surface area contributed by atoms with Gasteiger partial charge in [0.1, 0.15) is 29.9 Å². The zero-order chi connectivity index (χ0) is 24.4. The number of phenolic OH excluding ortho intramolecular Hbond substituents is 1. The number of aliphatic hydroxyl groups is 2. The van der Waals surface area contributed by atoms with Crippen molar-refractivity contribution in [2.45, 2.75) is 43.6 Å². The number of aromatic hydroxyl groups is 1. The summed E-state index contributed by atoms with van der Waals surface area (Å²) in [5, 5.41) is 44.4. The third kappa shape index (κ3) is 8.34. The first kappa shape index (κ1) is 27.2. The average molecular weight is 473 g/mol. The SMILES string of the molecule is CC(O)C(NC(=O)C(CS)NC(=O)C(N)CO)C(=O)NC(Cc1ccc(O)cc1)C(=O)O. The molecule has 0 bridgehead atoms. The lowest BCUT2D eigenvalue weighted by Crippen LogP contribution is -2.60. The molecule has 0 radical (unpaired) electrons. The first-order valence-electron chi connectivity index (χ1n) is 9.57. The quantitative estimate of drug-likeness (QED) is 0.143. The number of carbonyl (C=O) groups excluding carboxylic acids is 3. The molecule has 9 N–H and O–H groups in total. The fraction of sp³-hybridized carbons (Fsp3) is 0.474. The molecule has 13 heteroatoms. The summed E-state index contributed by atoms with van der Waals surface area (Å²) >= 11 is 3.96. The number of aliphatic carboxylic acids is 1. The number of hydrogen-bond acceptors (Lipinski definition) is 9. The number of phenols is 1. The number of hydrogen-bond donors (Lipinski definition) is 9. The number of benzene rings is 1. The standard InChI is InChI=1S/C19H28N4O8S/c1-9(25)15(23-17(28)14(8-32)22-16(27)12(20)7-24)18(29)21-13(19(30)31)6-10-2-4-11(26)5-3-10/h2-5,9,12-15,24-26,32H,6-8,20H2,1H3,(H,21,29)(H,22,27)(H,23,28)(H,30,31). The van der Waals surface area contributed by atoms with Crippen LogP contribution in [0.1, 0.15) is 12.5 Å². The molecule has 0 aliphatic carbocycles. The van der Waals surface area contributed by atoms with Gasteiger partial charge in [0.25, 0.3) is 0 Å². The van der Waals surface area contributed by atoms with Gasteiger partial charge in [-0.1, -0.05) is 12.1 Å². The molecule has 0 saturated heterocycles. The summed E-state index contributed by atoms with van der Waals surface area (Å²) in [4.78, 5) is 48.5. The highest BCUT2D eigenvalue weighted by atomic mass is 32.1. The van der Waals surface area contributed by atoms with E-state index >= 15 is 0 Å². The summed E-state index contributed by atoms with van der Waals surface area (Å²) in [6.07, 6.45) is -1.52. The van der Waals surface area contributed by atoms with Crippen molar-refractivity contribution in [3.63, 3.8) is 0 Å². The predicted molar refractivity (Wildman–Crippen MR) is 116 cm³/mol. The van der Waals surface area contributed by atoms with Crippen LogP contribution in [-0.2, 0) is 25.6 Å². The van der Waals surface area contributed by atoms with E-state index in [1.807, 2.05) is 0 Å². The lowest BCUT2D eigenvalue weighted by atomic mass is 10.0. The Hall–Kier alpha value is -2.87. The number of amides is 3. The van der Waals surface area contributed by atoms with Crippen molar-refractivity contribution in [2.24, 2.45) is 5.73 Å². The summed E-state index contributed by atoms with van der Waals surface area (Å²) in [6.45, 7) is 0.569. The molecule has 1 rings (SSSR count). The molecule has 12 nitrogen and oxygen atoms in total. The van der Waals surface area contributed by atoms with E-state index in [1.165, 1.54) is 31.2 Å². The molecule has 1 aromatic carbocycles. The molecule has 0 fully saturated rings. The summed E-state index contributed by atoms with van der Waals surface area (Å²) in [7, 11) is 0. The van der Waals surface area contributed by atoms with Crippen LogP contribution in [0.2, 0.25) is 0 Å². The van der Waals surface area contributed by atoms with Gasteiger partial charge in [-0.25, -0.2) is 4.79 Å². The van der Waals surface area contributed by atoms with Crippen LogP contribution >= 0.6 is 12.6 Å². The second-order valence-electron chi connectivity index (χ2n) is 7.03. The van der Waals surface area contributed by atoms with E-state index in [1.54, 1.807) is 0 Å². The molecule has 5 atom stereocenters. The second-order valence-corrected chi connectivity index (χ2v) is 7.39. The molecule has 1 aromatic rings. The van der Waals surface area contributed by atoms with Crippen LogP contribution in [0.4, 0.5) is 0 Å². The van der Waals surface area contributed by atoms with E-state index in [0.717, 1.165) is 0 Å². The van der Waals surface area contributed by atoms with Crippen LogP contribution in [0.15, 0.2) is 24.3 Å². The molecule has 0 aromatic heterocycles. The van der Waals surface area contributed by atoms with Gasteiger partial charge < -0.3 is 42.1 Å². The number of nitrogens with one attached hydrogen (secondary N) is 3. The van der Waals surface area contributed by atoms with Crippen LogP contribution in [0.3, 0.4) is 0 Å². The molecule has 0 spiro atoms. The number of carboxylic acids is 1. The molecule has 178 valence electrons. The van der Waals surface area contributed by atoms with Crippen molar-refractivity contribution < 1.29 is 39.6 Å². The van der Waals surface area contributed by atoms with Crippen molar-refractivity contribution in [1.29, 1.82) is 0 Å². The van der Waals surface area contributed by atoms with Crippen molar-refractivity contribution in [3.8, 4) is 5.75 Å². The summed E-state index contributed by atoms with van der Waals surface area (Å²) < 4.78 is 0. The minimum Gasteiger partial charge on any atom is -0.508 e. The zero-order valence-corrected chi connectivity index (χ0v) is 18.2. The van der Waals surface area contributed by atoms with E-state index in [0.29, 0.717) is 5.56 Å². The highest BCUT2D eigenvalue weighted by Gasteiger charge is 2.32. The Labute approximate surface area is 189 Å². The first-order chi connectivity index (χ1) is 15.0. The van der Waals surface area contributed by atoms with Gasteiger partial charge in [-0.05, 0) is 24.6 Å². The Morgan fingerprint density at radius 2 is 1.56 bits per heavy atom. The lowest BCUT2D eigenvalue weighted by molar-refractivity contribution is -0.143. The zero-order valence-electron chi connectivity index (χ0n) is 17.3. The van der Waals surface area contributed by atoms with Crippen molar-refractivity contribution >= 4 is 36.3 Å². The highest BCUT2D eigenvalue weighted by molar-refractivity contribution is 7.80. The van der Waals surface area contributed by atoms with Gasteiger partial charge in [0, 0.05) is 12.2 Å². The van der Waals surface area contributed by atoms with Crippen molar-refractivity contribution in [2.75, 3.05) is 12.4 Å². The van der Waals surface area contributed by atoms with Crippen molar-refractivity contribution in [1.82, 2.24) is 16.0 Å². The van der Waals surface area contributed by atoms with Gasteiger partial charge in [-0.3, -0.25) is 14.4 Å². The van der Waals surface area contributed by atoms with E-state index in [-0.39, 0.29) is 17.9 Å². The molecular weight excluding hydrogens is 444 g/mol. The molecule has 0 heterocycles. The summed E-state index contributed by atoms with van der Waals surface area (Å²) in [5.41, 5.74) is 5.90. The minimum absolute atomic E-state index is 0.00711. The Morgan fingerprint density at radius 1 is 1.00 bits per heavy atom. The fourth-order valence-electron chi connectivity index (χ4n) is 2.54. The van der Waals surface area contributed by atoms with Gasteiger partial charge in [0.05, 0.1) is 12.7 Å². The maximum absolute atomic E-state index is 12.6. The molecule has 32 heavy (non-hydrogen) atoms. The average Bonchev–Trinajstić information content (AvgIpc) is 2.75. The first-order valence-corrected chi connectivity index (χ1v) is 10.2. The van der Waals surface area contributed by atoms with Crippen LogP contribution in [0, 0.1) is 0 Å². The summed E-state index contributed by atoms with van der Waals surface area (Å²) in [5.74, 6) is -4.18. The minimum atomic E-state index is -1.53. The second kappa shape index (κ2) is 12.9. The Kier molecular flexibility index (Phi) is 10.9. The summed E-state index contributed by atoms with van der Waals surface area (Å²) in [6, 6.07) is 0.294. The maximum atomic E-state index is 12.6. The smallest absolute Gasteiger partial charge is 0.326 e. The fourth-order valence-corrected chi connectivity index (χ4v) is 2.80. The number of thiol groups is 1. The van der Waals surface area contributed by atoms with Gasteiger partial charge in [0.2, 0.25) is 17.7 Å². The topological polar surface area (TPSA) is 211 Å². The number of nitrogens with two attached hydrogens (primary N) is 1. The molecule has 3 amide bonds. The Morgan fingerprint density at radius 3 is 2.03 bits per heavy atom. The Balaban J connectivity index is 2.88. The predicted octanol–water partition coefficient (Wildman–Crippen LogP) is -2.90. The molecule has 0 aliphatic rings. The molecule has 0 saturated carbocycles. The number of rotatable bonds is 12. The van der Waals surface area contributed by atoms with Crippen LogP contribution < -0.4 is 21.7 Å². The monoisotopic (exact) mass is 472 g/mol. The van der Waals surface area contributed by atoms with Gasteiger partial charge in [0.15, 0.2) is 0 Å². The van der Waals surface area contributed by atoms with Gasteiger partial charge in [-0.15, -0.1) is 0 Å². The van der Waals surface area contributed by atoms with E-state index in [9.17, 15) is 34.5 Å². The molecular formula is C19H28N4O8S. The third-order valence-corrected chi connectivity index (χ3v) is 4.77. The maximum Gasteiger partial charge on any atom is 0.326 e. The lowest BCUT2D eigenvalue weighted by Gasteiger charge is -2.26. The van der Waals surface area contributed by atoms with Crippen LogP contribution in [0.5, 0.6) is 5.75 Å². The number of carboxylic acid groups (broad SMARTS) is 1. The van der Waals surface area contributed by atoms with E-state index in [4.69, 9.17) is 10.8 Å². The number of aliphatic hydroxyl groups excluding tert-OH is 2. The third-order valence-electron chi connectivity index (χ3n) is 4.40. The van der Waals surface area contributed by atoms with Crippen LogP contribution in [0.25, 0.3) is 0 Å². The highest BCUT2D eigenvalue weighted by Crippen LogP contribution is 2.12. The van der Waals surface area contributed by atoms with Gasteiger partial charge in [-0.2, -0.15) is 12.6 Å².